The summed E-state index contributed by atoms with van der Waals surface area (Å²) in [6, 6.07) is 2.35. The van der Waals surface area contributed by atoms with E-state index in [9.17, 15) is 0 Å². The Morgan fingerprint density at radius 3 is 2.28 bits per heavy atom. The lowest BCUT2D eigenvalue weighted by molar-refractivity contribution is 0.0270. The molecule has 0 amide bonds. The molecule has 0 aromatic heterocycles. The van der Waals surface area contributed by atoms with E-state index in [-0.39, 0.29) is 0 Å². The monoisotopic (exact) mass is 252 g/mol. The summed E-state index contributed by atoms with van der Waals surface area (Å²) in [7, 11) is 2.12. The van der Waals surface area contributed by atoms with Gasteiger partial charge in [0.25, 0.3) is 0 Å². The third kappa shape index (κ3) is 2.91. The lowest BCUT2D eigenvalue weighted by atomic mass is 9.80. The van der Waals surface area contributed by atoms with Gasteiger partial charge in [0.15, 0.2) is 0 Å². The smallest absolute Gasteiger partial charge is 0.0117 e. The first-order valence-corrected chi connectivity index (χ1v) is 8.10. The zero-order valence-corrected chi connectivity index (χ0v) is 12.8. The van der Waals surface area contributed by atoms with E-state index in [0.717, 1.165) is 30.0 Å². The molecule has 3 atom stereocenters. The van der Waals surface area contributed by atoms with E-state index in [1.807, 2.05) is 0 Å². The quantitative estimate of drug-likeness (QED) is 0.829. The van der Waals surface area contributed by atoms with Crippen molar-refractivity contribution in [2.75, 3.05) is 13.6 Å². The summed E-state index contributed by atoms with van der Waals surface area (Å²) < 4.78 is 0. The van der Waals surface area contributed by atoms with Gasteiger partial charge in [-0.1, -0.05) is 20.3 Å². The van der Waals surface area contributed by atoms with Crippen LogP contribution in [0.4, 0.5) is 0 Å². The van der Waals surface area contributed by atoms with Gasteiger partial charge in [-0.15, -0.1) is 0 Å². The molecule has 2 fully saturated rings. The van der Waals surface area contributed by atoms with E-state index < -0.39 is 0 Å². The summed E-state index contributed by atoms with van der Waals surface area (Å²) in [6.07, 6.45) is 8.54. The summed E-state index contributed by atoms with van der Waals surface area (Å²) in [5, 5.41) is 3.50. The Bertz CT molecular complexity index is 245. The van der Waals surface area contributed by atoms with Crippen LogP contribution in [0.1, 0.15) is 59.3 Å². The molecule has 0 spiro atoms. The molecule has 1 saturated heterocycles. The second kappa shape index (κ2) is 6.38. The number of piperidine rings is 1. The average Bonchev–Trinajstić information content (AvgIpc) is 2.42. The van der Waals surface area contributed by atoms with E-state index >= 15 is 0 Å². The van der Waals surface area contributed by atoms with Gasteiger partial charge in [0.2, 0.25) is 0 Å². The lowest BCUT2D eigenvalue weighted by Gasteiger charge is -2.48. The zero-order chi connectivity index (χ0) is 13.1. The van der Waals surface area contributed by atoms with Crippen LogP contribution < -0.4 is 5.32 Å². The minimum absolute atomic E-state index is 0.725. The van der Waals surface area contributed by atoms with Crippen molar-refractivity contribution in [3.63, 3.8) is 0 Å². The topological polar surface area (TPSA) is 15.3 Å². The number of rotatable bonds is 3. The van der Waals surface area contributed by atoms with Crippen LogP contribution in [0.2, 0.25) is 0 Å². The van der Waals surface area contributed by atoms with Crippen molar-refractivity contribution in [2.24, 2.45) is 11.8 Å². The van der Waals surface area contributed by atoms with Crippen LogP contribution in [0, 0.1) is 11.8 Å². The van der Waals surface area contributed by atoms with Crippen LogP contribution in [0.5, 0.6) is 0 Å². The Morgan fingerprint density at radius 1 is 1.06 bits per heavy atom. The van der Waals surface area contributed by atoms with Crippen LogP contribution in [0.25, 0.3) is 0 Å². The third-order valence-electron chi connectivity index (χ3n) is 5.85. The van der Waals surface area contributed by atoms with Crippen molar-refractivity contribution in [3.05, 3.63) is 0 Å². The number of likely N-dealkylation sites (tertiary alicyclic amines) is 1. The van der Waals surface area contributed by atoms with Gasteiger partial charge in [-0.2, -0.15) is 0 Å². The van der Waals surface area contributed by atoms with Gasteiger partial charge < -0.3 is 5.32 Å². The molecule has 106 valence electrons. The highest BCUT2D eigenvalue weighted by Crippen LogP contribution is 2.34. The Kier molecular flexibility index (Phi) is 5.08. The fraction of sp³-hybridized carbons (Fsp3) is 1.00. The molecule has 0 aromatic carbocycles. The third-order valence-corrected chi connectivity index (χ3v) is 5.85. The standard InChI is InChI=1S/C16H32N2/c1-5-14-6-8-15(9-7-14)18-11-10-16(17-4)12(2)13(18)3/h12-17H,5-11H2,1-4H3. The molecule has 1 aliphatic heterocycles. The van der Waals surface area contributed by atoms with Crippen molar-refractivity contribution < 1.29 is 0 Å². The van der Waals surface area contributed by atoms with Crippen LogP contribution in [-0.2, 0) is 0 Å². The molecule has 2 aliphatic rings. The van der Waals surface area contributed by atoms with Crippen molar-refractivity contribution in [1.29, 1.82) is 0 Å². The maximum Gasteiger partial charge on any atom is 0.0117 e. The maximum absolute atomic E-state index is 3.50. The summed E-state index contributed by atoms with van der Waals surface area (Å²) in [4.78, 5) is 2.82. The molecule has 18 heavy (non-hydrogen) atoms. The van der Waals surface area contributed by atoms with Gasteiger partial charge in [-0.3, -0.25) is 4.90 Å². The normalized spacial score (nSPS) is 43.0. The summed E-state index contributed by atoms with van der Waals surface area (Å²) in [5.74, 6) is 1.80. The van der Waals surface area contributed by atoms with Crippen molar-refractivity contribution in [3.8, 4) is 0 Å². The lowest BCUT2D eigenvalue weighted by Crippen LogP contribution is -2.56. The Morgan fingerprint density at radius 2 is 1.72 bits per heavy atom. The van der Waals surface area contributed by atoms with Crippen LogP contribution in [-0.4, -0.2) is 36.6 Å². The van der Waals surface area contributed by atoms with Crippen LogP contribution in [0.3, 0.4) is 0 Å². The Balaban J connectivity index is 1.90. The Labute approximate surface area is 114 Å². The number of hydrogen-bond donors (Lipinski definition) is 1. The molecular formula is C16H32N2. The molecule has 0 bridgehead atoms. The molecule has 0 aromatic rings. The van der Waals surface area contributed by atoms with Crippen molar-refractivity contribution >= 4 is 0 Å². The first-order chi connectivity index (χ1) is 8.67. The minimum Gasteiger partial charge on any atom is -0.317 e. The molecular weight excluding hydrogens is 220 g/mol. The second-order valence-electron chi connectivity index (χ2n) is 6.60. The SMILES string of the molecule is CCC1CCC(N2CCC(NC)C(C)C2C)CC1. The fourth-order valence-corrected chi connectivity index (χ4v) is 4.20. The van der Waals surface area contributed by atoms with Gasteiger partial charge in [0.1, 0.15) is 0 Å². The van der Waals surface area contributed by atoms with E-state index in [1.165, 1.54) is 45.1 Å². The average molecular weight is 252 g/mol. The molecule has 0 radical (unpaired) electrons. The molecule has 2 nitrogen and oxygen atoms in total. The molecule has 2 heteroatoms. The predicted octanol–water partition coefficient (Wildman–Crippen LogP) is 3.27. The van der Waals surface area contributed by atoms with Gasteiger partial charge in [0.05, 0.1) is 0 Å². The van der Waals surface area contributed by atoms with Gasteiger partial charge in [-0.25, -0.2) is 0 Å². The molecule has 1 saturated carbocycles. The molecule has 1 aliphatic carbocycles. The van der Waals surface area contributed by atoms with Gasteiger partial charge in [0, 0.05) is 24.7 Å². The highest BCUT2D eigenvalue weighted by molar-refractivity contribution is 4.92. The van der Waals surface area contributed by atoms with Crippen molar-refractivity contribution in [2.45, 2.75) is 77.4 Å². The van der Waals surface area contributed by atoms with Crippen molar-refractivity contribution in [1.82, 2.24) is 10.2 Å². The highest BCUT2D eigenvalue weighted by atomic mass is 15.2. The minimum atomic E-state index is 0.725. The van der Waals surface area contributed by atoms with E-state index in [4.69, 9.17) is 0 Å². The second-order valence-corrected chi connectivity index (χ2v) is 6.60. The first kappa shape index (κ1) is 14.3. The number of nitrogens with zero attached hydrogens (tertiary/aromatic N) is 1. The van der Waals surface area contributed by atoms with Gasteiger partial charge >= 0.3 is 0 Å². The highest BCUT2D eigenvalue weighted by Gasteiger charge is 2.36. The van der Waals surface area contributed by atoms with Crippen LogP contribution >= 0.6 is 0 Å². The molecule has 2 rings (SSSR count). The molecule has 1 N–H and O–H groups in total. The van der Waals surface area contributed by atoms with Gasteiger partial charge in [-0.05, 0) is 57.9 Å². The first-order valence-electron chi connectivity index (χ1n) is 8.10. The van der Waals surface area contributed by atoms with E-state index in [2.05, 4.69) is 38.0 Å². The maximum atomic E-state index is 3.50. The largest absolute Gasteiger partial charge is 0.317 e. The Hall–Kier alpha value is -0.0800. The van der Waals surface area contributed by atoms with Crippen LogP contribution in [0.15, 0.2) is 0 Å². The zero-order valence-electron chi connectivity index (χ0n) is 12.8. The summed E-state index contributed by atoms with van der Waals surface area (Å²) in [6.45, 7) is 8.53. The summed E-state index contributed by atoms with van der Waals surface area (Å²) >= 11 is 0. The number of nitrogens with one attached hydrogen (secondary N) is 1. The van der Waals surface area contributed by atoms with E-state index in [1.54, 1.807) is 0 Å². The molecule has 3 unspecified atom stereocenters. The fourth-order valence-electron chi connectivity index (χ4n) is 4.20. The van der Waals surface area contributed by atoms with E-state index in [0.29, 0.717) is 0 Å². The number of hydrogen-bond acceptors (Lipinski definition) is 2. The summed E-state index contributed by atoms with van der Waals surface area (Å²) in [5.41, 5.74) is 0. The molecule has 1 heterocycles. The predicted molar refractivity (Wildman–Crippen MR) is 78.8 cm³/mol.